The number of para-hydroxylation sites is 4. The highest BCUT2D eigenvalue weighted by molar-refractivity contribution is 7.25. The van der Waals surface area contributed by atoms with Crippen LogP contribution in [0.4, 0.5) is 17.1 Å². The summed E-state index contributed by atoms with van der Waals surface area (Å²) in [6, 6.07) is 61.4. The Labute approximate surface area is 291 Å². The van der Waals surface area contributed by atoms with E-state index in [1.165, 1.54) is 47.4 Å². The lowest BCUT2D eigenvalue weighted by Crippen LogP contribution is -2.11. The van der Waals surface area contributed by atoms with Crippen LogP contribution in [0.25, 0.3) is 80.4 Å². The number of hydrogen-bond donors (Lipinski definition) is 0. The van der Waals surface area contributed by atoms with Crippen LogP contribution in [0.15, 0.2) is 174 Å². The molecule has 0 fully saturated rings. The van der Waals surface area contributed by atoms with Gasteiger partial charge in [0.05, 0.1) is 16.7 Å². The van der Waals surface area contributed by atoms with E-state index >= 15 is 0 Å². The first-order valence-electron chi connectivity index (χ1n) is 16.9. The largest absolute Gasteiger partial charge is 0.456 e. The van der Waals surface area contributed by atoms with Crippen LogP contribution in [0.5, 0.6) is 0 Å². The number of nitrogens with zero attached hydrogens (tertiary/aromatic N) is 2. The second-order valence-electron chi connectivity index (χ2n) is 13.0. The van der Waals surface area contributed by atoms with E-state index in [2.05, 4.69) is 167 Å². The average Bonchev–Trinajstić information content (AvgIpc) is 3.83. The van der Waals surface area contributed by atoms with Gasteiger partial charge in [-0.05, 0) is 83.6 Å². The topological polar surface area (TPSA) is 21.3 Å². The molecule has 0 aliphatic heterocycles. The lowest BCUT2D eigenvalue weighted by atomic mass is 10.0. The zero-order valence-electron chi connectivity index (χ0n) is 26.9. The predicted molar refractivity (Wildman–Crippen MR) is 213 cm³/mol. The molecule has 0 amide bonds. The zero-order chi connectivity index (χ0) is 32.8. The first-order valence-corrected chi connectivity index (χ1v) is 17.7. The van der Waals surface area contributed by atoms with Crippen molar-refractivity contribution in [3.05, 3.63) is 170 Å². The van der Waals surface area contributed by atoms with Crippen molar-refractivity contribution in [3.63, 3.8) is 0 Å². The van der Waals surface area contributed by atoms with E-state index in [0.29, 0.717) is 0 Å². The van der Waals surface area contributed by atoms with Crippen molar-refractivity contribution in [1.29, 1.82) is 0 Å². The summed E-state index contributed by atoms with van der Waals surface area (Å²) in [6.45, 7) is 0. The summed E-state index contributed by atoms with van der Waals surface area (Å²) < 4.78 is 11.3. The van der Waals surface area contributed by atoms with E-state index in [1.54, 1.807) is 0 Å². The first kappa shape index (κ1) is 27.6. The van der Waals surface area contributed by atoms with Crippen LogP contribution in [0.2, 0.25) is 0 Å². The van der Waals surface area contributed by atoms with E-state index < -0.39 is 0 Å². The van der Waals surface area contributed by atoms with Crippen LogP contribution in [0.3, 0.4) is 0 Å². The normalized spacial score (nSPS) is 12.0. The maximum absolute atomic E-state index is 6.35. The molecule has 0 aliphatic carbocycles. The number of aromatic nitrogens is 1. The number of benzene rings is 8. The second kappa shape index (κ2) is 10.6. The smallest absolute Gasteiger partial charge is 0.136 e. The lowest BCUT2D eigenvalue weighted by molar-refractivity contribution is 0.669. The summed E-state index contributed by atoms with van der Waals surface area (Å²) in [7, 11) is 0. The Morgan fingerprint density at radius 1 is 0.440 bits per heavy atom. The van der Waals surface area contributed by atoms with E-state index in [1.807, 2.05) is 23.5 Å². The lowest BCUT2D eigenvalue weighted by Gasteiger charge is -2.27. The molecule has 0 unspecified atom stereocenters. The van der Waals surface area contributed by atoms with Gasteiger partial charge < -0.3 is 13.9 Å². The molecule has 11 aromatic rings. The number of thiophene rings is 1. The molecule has 8 aromatic carbocycles. The van der Waals surface area contributed by atoms with Crippen LogP contribution >= 0.6 is 11.3 Å². The van der Waals surface area contributed by atoms with Crippen LogP contribution < -0.4 is 4.90 Å². The fraction of sp³-hybridized carbons (Fsp3) is 0. The number of rotatable bonds is 4. The molecule has 3 nitrogen and oxygen atoms in total. The van der Waals surface area contributed by atoms with Gasteiger partial charge in [0.25, 0.3) is 0 Å². The van der Waals surface area contributed by atoms with E-state index in [9.17, 15) is 0 Å². The number of hydrogen-bond acceptors (Lipinski definition) is 3. The Balaban J connectivity index is 1.22. The third kappa shape index (κ3) is 4.03. The molecule has 0 bridgehead atoms. The molecule has 11 rings (SSSR count). The molecular weight excluding hydrogens is 629 g/mol. The van der Waals surface area contributed by atoms with Crippen molar-refractivity contribution < 1.29 is 4.42 Å². The highest BCUT2D eigenvalue weighted by atomic mass is 32.1. The quantitative estimate of drug-likeness (QED) is 0.188. The first-order chi connectivity index (χ1) is 24.8. The summed E-state index contributed by atoms with van der Waals surface area (Å²) in [5.41, 5.74) is 8.63. The van der Waals surface area contributed by atoms with Crippen molar-refractivity contribution in [2.75, 3.05) is 4.90 Å². The second-order valence-corrected chi connectivity index (χ2v) is 14.0. The summed E-state index contributed by atoms with van der Waals surface area (Å²) in [6.07, 6.45) is 0. The number of fused-ring (bicyclic) bond motifs is 10. The monoisotopic (exact) mass is 656 g/mol. The van der Waals surface area contributed by atoms with Crippen molar-refractivity contribution >= 4 is 103 Å². The molecule has 0 saturated carbocycles. The molecule has 0 radical (unpaired) electrons. The maximum Gasteiger partial charge on any atom is 0.136 e. The molecule has 0 aliphatic rings. The van der Waals surface area contributed by atoms with Crippen LogP contribution in [-0.4, -0.2) is 4.57 Å². The molecule has 50 heavy (non-hydrogen) atoms. The summed E-state index contributed by atoms with van der Waals surface area (Å²) in [4.78, 5) is 2.44. The molecular formula is C46H28N2OS. The minimum absolute atomic E-state index is 0.903. The standard InChI is InChI=1S/C46H28N2OS/c1-2-11-31(12-3-1)48-40-17-7-4-13-34(40)38-16-10-18-41(46(38)48)47(33-23-24-37-36-15-6-9-20-44(36)50-45(37)28-33)32-22-21-29-26-39-35-14-5-8-19-42(35)49-43(39)27-30(29)25-32/h1-28H. The van der Waals surface area contributed by atoms with Crippen molar-refractivity contribution in [1.82, 2.24) is 4.57 Å². The Bertz CT molecular complexity index is 3110. The van der Waals surface area contributed by atoms with Gasteiger partial charge in [-0.3, -0.25) is 0 Å². The Morgan fingerprint density at radius 2 is 1.16 bits per heavy atom. The van der Waals surface area contributed by atoms with Crippen molar-refractivity contribution in [2.24, 2.45) is 0 Å². The highest BCUT2D eigenvalue weighted by Crippen LogP contribution is 2.46. The molecule has 3 heterocycles. The molecule has 0 N–H and O–H groups in total. The summed E-state index contributed by atoms with van der Waals surface area (Å²) in [5.74, 6) is 0. The highest BCUT2D eigenvalue weighted by Gasteiger charge is 2.22. The molecule has 0 spiro atoms. The van der Waals surface area contributed by atoms with Gasteiger partial charge in [-0.25, -0.2) is 0 Å². The Kier molecular flexibility index (Phi) is 5.83. The van der Waals surface area contributed by atoms with Gasteiger partial charge in [0.15, 0.2) is 0 Å². The van der Waals surface area contributed by atoms with Crippen molar-refractivity contribution in [3.8, 4) is 5.69 Å². The van der Waals surface area contributed by atoms with Gasteiger partial charge in [0.1, 0.15) is 11.2 Å². The van der Waals surface area contributed by atoms with Gasteiger partial charge in [-0.2, -0.15) is 0 Å². The van der Waals surface area contributed by atoms with E-state index in [4.69, 9.17) is 4.42 Å². The fourth-order valence-corrected chi connectivity index (χ4v) is 9.04. The fourth-order valence-electron chi connectivity index (χ4n) is 7.90. The van der Waals surface area contributed by atoms with Gasteiger partial charge in [0.2, 0.25) is 0 Å². The number of anilines is 3. The third-order valence-electron chi connectivity index (χ3n) is 10.1. The zero-order valence-corrected chi connectivity index (χ0v) is 27.7. The molecule has 0 atom stereocenters. The summed E-state index contributed by atoms with van der Waals surface area (Å²) in [5, 5.41) is 9.66. The van der Waals surface area contributed by atoms with E-state index in [0.717, 1.165) is 50.1 Å². The Hall–Kier alpha value is -6.36. The average molecular weight is 657 g/mol. The van der Waals surface area contributed by atoms with Crippen LogP contribution in [0.1, 0.15) is 0 Å². The predicted octanol–water partition coefficient (Wildman–Crippen LogP) is 13.7. The van der Waals surface area contributed by atoms with Gasteiger partial charge in [0, 0.05) is 58.8 Å². The molecule has 0 saturated heterocycles. The number of furan rings is 1. The summed E-state index contributed by atoms with van der Waals surface area (Å²) >= 11 is 1.85. The Morgan fingerprint density at radius 3 is 2.08 bits per heavy atom. The third-order valence-corrected chi connectivity index (χ3v) is 11.3. The van der Waals surface area contributed by atoms with Gasteiger partial charge >= 0.3 is 0 Å². The van der Waals surface area contributed by atoms with Crippen LogP contribution in [-0.2, 0) is 0 Å². The molecule has 4 heteroatoms. The maximum atomic E-state index is 6.35. The van der Waals surface area contributed by atoms with Crippen molar-refractivity contribution in [2.45, 2.75) is 0 Å². The minimum atomic E-state index is 0.903. The van der Waals surface area contributed by atoms with E-state index in [-0.39, 0.29) is 0 Å². The SMILES string of the molecule is c1ccc(-n2c3ccccc3c3cccc(N(c4ccc5cc6c(cc5c4)oc4ccccc46)c4ccc5c(c4)sc4ccccc45)c32)cc1. The van der Waals surface area contributed by atoms with Gasteiger partial charge in [-0.1, -0.05) is 97.1 Å². The van der Waals surface area contributed by atoms with Gasteiger partial charge in [-0.15, -0.1) is 11.3 Å². The molecule has 234 valence electrons. The molecule has 3 aromatic heterocycles. The van der Waals surface area contributed by atoms with Crippen LogP contribution in [0, 0.1) is 0 Å². The minimum Gasteiger partial charge on any atom is -0.456 e.